The SMILES string of the molecule is C[C@](O)(CNC(=O)Nc1nnc2ccccn12)c1ccsc1. The maximum absolute atomic E-state index is 12.0. The Morgan fingerprint density at radius 1 is 1.41 bits per heavy atom. The third kappa shape index (κ3) is 2.92. The Balaban J connectivity index is 1.63. The van der Waals surface area contributed by atoms with Crippen LogP contribution in [0.15, 0.2) is 41.2 Å². The predicted molar refractivity (Wildman–Crippen MR) is 83.9 cm³/mol. The molecule has 0 aromatic carbocycles. The lowest BCUT2D eigenvalue weighted by Gasteiger charge is -2.22. The Bertz CT molecular complexity index is 781. The number of amides is 2. The number of hydrogen-bond donors (Lipinski definition) is 3. The van der Waals surface area contributed by atoms with Crippen LogP contribution in [0.3, 0.4) is 0 Å². The monoisotopic (exact) mass is 317 g/mol. The highest BCUT2D eigenvalue weighted by Gasteiger charge is 2.24. The van der Waals surface area contributed by atoms with Crippen LogP contribution in [0.2, 0.25) is 0 Å². The van der Waals surface area contributed by atoms with E-state index in [9.17, 15) is 9.90 Å². The number of anilines is 1. The van der Waals surface area contributed by atoms with Gasteiger partial charge in [0.2, 0.25) is 5.95 Å². The van der Waals surface area contributed by atoms with E-state index in [1.165, 1.54) is 11.3 Å². The van der Waals surface area contributed by atoms with Crippen molar-refractivity contribution >= 4 is 29.0 Å². The number of aliphatic hydroxyl groups is 1. The summed E-state index contributed by atoms with van der Waals surface area (Å²) in [5, 5.41) is 27.2. The molecule has 3 aromatic heterocycles. The fraction of sp³-hybridized carbons (Fsp3) is 0.214. The molecule has 8 heteroatoms. The summed E-state index contributed by atoms with van der Waals surface area (Å²) in [6.45, 7) is 1.74. The molecule has 0 saturated carbocycles. The van der Waals surface area contributed by atoms with Gasteiger partial charge in [0, 0.05) is 6.20 Å². The second-order valence-corrected chi connectivity index (χ2v) is 5.83. The fourth-order valence-corrected chi connectivity index (χ4v) is 2.78. The summed E-state index contributed by atoms with van der Waals surface area (Å²) in [4.78, 5) is 12.0. The molecule has 0 spiro atoms. The van der Waals surface area contributed by atoms with Gasteiger partial charge in [-0.15, -0.1) is 10.2 Å². The zero-order valence-corrected chi connectivity index (χ0v) is 12.7. The van der Waals surface area contributed by atoms with Crippen LogP contribution in [-0.4, -0.2) is 32.3 Å². The van der Waals surface area contributed by atoms with E-state index in [1.807, 2.05) is 29.0 Å². The predicted octanol–water partition coefficient (Wildman–Crippen LogP) is 1.82. The van der Waals surface area contributed by atoms with Crippen molar-refractivity contribution in [3.8, 4) is 0 Å². The molecule has 114 valence electrons. The van der Waals surface area contributed by atoms with Crippen LogP contribution < -0.4 is 10.6 Å². The third-order valence-electron chi connectivity index (χ3n) is 3.28. The van der Waals surface area contributed by atoms with Gasteiger partial charge in [0.05, 0.1) is 6.54 Å². The second-order valence-electron chi connectivity index (χ2n) is 5.05. The number of pyridine rings is 1. The first-order chi connectivity index (χ1) is 10.6. The lowest BCUT2D eigenvalue weighted by Crippen LogP contribution is -2.40. The van der Waals surface area contributed by atoms with Crippen molar-refractivity contribution in [2.75, 3.05) is 11.9 Å². The van der Waals surface area contributed by atoms with Gasteiger partial charge >= 0.3 is 6.03 Å². The van der Waals surface area contributed by atoms with Gasteiger partial charge < -0.3 is 10.4 Å². The minimum Gasteiger partial charge on any atom is -0.384 e. The zero-order valence-electron chi connectivity index (χ0n) is 11.9. The second kappa shape index (κ2) is 5.74. The van der Waals surface area contributed by atoms with E-state index in [1.54, 1.807) is 23.6 Å². The summed E-state index contributed by atoms with van der Waals surface area (Å²) >= 11 is 1.50. The molecule has 0 aliphatic rings. The van der Waals surface area contributed by atoms with Gasteiger partial charge in [-0.2, -0.15) is 11.3 Å². The lowest BCUT2D eigenvalue weighted by molar-refractivity contribution is 0.0604. The number of thiophene rings is 1. The van der Waals surface area contributed by atoms with Crippen LogP contribution in [0, 0.1) is 0 Å². The standard InChI is InChI=1S/C14H15N5O2S/c1-14(21,10-5-7-22-8-10)9-15-13(20)16-12-18-17-11-4-2-3-6-19(11)12/h2-8,21H,9H2,1H3,(H2,15,16,18,20)/t14-/m0/s1. The summed E-state index contributed by atoms with van der Waals surface area (Å²) in [5.41, 5.74) is 0.290. The highest BCUT2D eigenvalue weighted by molar-refractivity contribution is 7.08. The number of urea groups is 1. The molecule has 22 heavy (non-hydrogen) atoms. The van der Waals surface area contributed by atoms with E-state index in [-0.39, 0.29) is 6.54 Å². The van der Waals surface area contributed by atoms with E-state index in [4.69, 9.17) is 0 Å². The molecule has 0 aliphatic carbocycles. The smallest absolute Gasteiger partial charge is 0.321 e. The van der Waals surface area contributed by atoms with E-state index in [2.05, 4.69) is 20.8 Å². The summed E-state index contributed by atoms with van der Waals surface area (Å²) in [5.74, 6) is 0.322. The van der Waals surface area contributed by atoms with Crippen molar-refractivity contribution < 1.29 is 9.90 Å². The average Bonchev–Trinajstić information content (AvgIpc) is 3.16. The van der Waals surface area contributed by atoms with Crippen molar-refractivity contribution in [2.45, 2.75) is 12.5 Å². The number of carbonyl (C=O) groups excluding carboxylic acids is 1. The van der Waals surface area contributed by atoms with E-state index in [0.717, 1.165) is 5.56 Å². The molecule has 0 unspecified atom stereocenters. The Kier molecular flexibility index (Phi) is 3.78. The maximum atomic E-state index is 12.0. The molecule has 0 fully saturated rings. The number of aromatic nitrogens is 3. The highest BCUT2D eigenvalue weighted by Crippen LogP contribution is 2.22. The zero-order chi connectivity index (χ0) is 15.6. The number of rotatable bonds is 4. The molecule has 0 radical (unpaired) electrons. The number of nitrogens with zero attached hydrogens (tertiary/aromatic N) is 3. The first-order valence-corrected chi connectivity index (χ1v) is 7.60. The Hall–Kier alpha value is -2.45. The molecule has 3 N–H and O–H groups in total. The number of hydrogen-bond acceptors (Lipinski definition) is 5. The van der Waals surface area contributed by atoms with Crippen LogP contribution in [0.1, 0.15) is 12.5 Å². The molecule has 2 amide bonds. The average molecular weight is 317 g/mol. The first kappa shape index (κ1) is 14.5. The lowest BCUT2D eigenvalue weighted by atomic mass is 9.99. The van der Waals surface area contributed by atoms with E-state index in [0.29, 0.717) is 11.6 Å². The molecule has 0 saturated heterocycles. The van der Waals surface area contributed by atoms with Gasteiger partial charge in [-0.3, -0.25) is 9.72 Å². The number of nitrogens with one attached hydrogen (secondary N) is 2. The summed E-state index contributed by atoms with van der Waals surface area (Å²) in [6, 6.07) is 6.83. The highest BCUT2D eigenvalue weighted by atomic mass is 32.1. The summed E-state index contributed by atoms with van der Waals surface area (Å²) < 4.78 is 1.66. The van der Waals surface area contributed by atoms with Crippen molar-refractivity contribution in [2.24, 2.45) is 0 Å². The maximum Gasteiger partial charge on any atom is 0.321 e. The van der Waals surface area contributed by atoms with Crippen molar-refractivity contribution in [1.29, 1.82) is 0 Å². The Labute approximate surface area is 130 Å². The van der Waals surface area contributed by atoms with Gasteiger partial charge in [-0.1, -0.05) is 6.07 Å². The molecule has 0 aliphatic heterocycles. The molecule has 3 rings (SSSR count). The summed E-state index contributed by atoms with van der Waals surface area (Å²) in [6.07, 6.45) is 1.76. The third-order valence-corrected chi connectivity index (χ3v) is 3.96. The minimum absolute atomic E-state index is 0.0896. The molecule has 0 bridgehead atoms. The van der Waals surface area contributed by atoms with Gasteiger partial charge in [0.25, 0.3) is 0 Å². The minimum atomic E-state index is -1.12. The van der Waals surface area contributed by atoms with Gasteiger partial charge in [-0.05, 0) is 41.4 Å². The molecule has 1 atom stereocenters. The fourth-order valence-electron chi connectivity index (χ4n) is 2.00. The quantitative estimate of drug-likeness (QED) is 0.684. The number of carbonyl (C=O) groups is 1. The van der Waals surface area contributed by atoms with Gasteiger partial charge in [0.1, 0.15) is 5.60 Å². The van der Waals surface area contributed by atoms with E-state index < -0.39 is 11.6 Å². The van der Waals surface area contributed by atoms with Crippen LogP contribution >= 0.6 is 11.3 Å². The van der Waals surface area contributed by atoms with Crippen LogP contribution in [0.5, 0.6) is 0 Å². The van der Waals surface area contributed by atoms with E-state index >= 15 is 0 Å². The molecule has 3 heterocycles. The van der Waals surface area contributed by atoms with Crippen LogP contribution in [0.4, 0.5) is 10.7 Å². The Morgan fingerprint density at radius 3 is 3.05 bits per heavy atom. The van der Waals surface area contributed by atoms with Gasteiger partial charge in [0.15, 0.2) is 5.65 Å². The molecule has 3 aromatic rings. The normalized spacial score (nSPS) is 13.7. The van der Waals surface area contributed by atoms with Crippen LogP contribution in [0.25, 0.3) is 5.65 Å². The topological polar surface area (TPSA) is 91.5 Å². The largest absolute Gasteiger partial charge is 0.384 e. The van der Waals surface area contributed by atoms with Crippen molar-refractivity contribution in [1.82, 2.24) is 19.9 Å². The molecular weight excluding hydrogens is 302 g/mol. The van der Waals surface area contributed by atoms with Crippen LogP contribution in [-0.2, 0) is 5.60 Å². The number of fused-ring (bicyclic) bond motifs is 1. The van der Waals surface area contributed by atoms with Crippen molar-refractivity contribution in [3.05, 3.63) is 46.8 Å². The molecule has 7 nitrogen and oxygen atoms in total. The van der Waals surface area contributed by atoms with Gasteiger partial charge in [-0.25, -0.2) is 4.79 Å². The Morgan fingerprint density at radius 2 is 2.27 bits per heavy atom. The summed E-state index contributed by atoms with van der Waals surface area (Å²) in [7, 11) is 0. The molecular formula is C14H15N5O2S. The van der Waals surface area contributed by atoms with Crippen molar-refractivity contribution in [3.63, 3.8) is 0 Å². The first-order valence-electron chi connectivity index (χ1n) is 6.66.